The van der Waals surface area contributed by atoms with Crippen LogP contribution in [0.3, 0.4) is 0 Å². The minimum absolute atomic E-state index is 0.204. The van der Waals surface area contributed by atoms with Crippen molar-refractivity contribution in [2.75, 3.05) is 26.3 Å². The molecule has 7 heteroatoms. The summed E-state index contributed by atoms with van der Waals surface area (Å²) in [5.41, 5.74) is 0. The Kier molecular flexibility index (Phi) is 5.60. The van der Waals surface area contributed by atoms with Gasteiger partial charge in [-0.3, -0.25) is 0 Å². The minimum atomic E-state index is -0.934. The summed E-state index contributed by atoms with van der Waals surface area (Å²) >= 11 is 0. The SMILES string of the molecule is O=C(NCC1CCOCC1)NCC1CCC(C(=O)O)O1. The summed E-state index contributed by atoms with van der Waals surface area (Å²) in [5, 5.41) is 14.4. The van der Waals surface area contributed by atoms with Crippen molar-refractivity contribution in [2.24, 2.45) is 5.92 Å². The van der Waals surface area contributed by atoms with Gasteiger partial charge < -0.3 is 25.2 Å². The third-order valence-corrected chi connectivity index (χ3v) is 3.77. The fourth-order valence-corrected chi connectivity index (χ4v) is 2.49. The number of carbonyl (C=O) groups is 2. The third kappa shape index (κ3) is 4.64. The molecule has 2 rings (SSSR count). The second-order valence-corrected chi connectivity index (χ2v) is 5.31. The van der Waals surface area contributed by atoms with Crippen LogP contribution >= 0.6 is 0 Å². The van der Waals surface area contributed by atoms with Gasteiger partial charge in [0, 0.05) is 26.3 Å². The van der Waals surface area contributed by atoms with E-state index >= 15 is 0 Å². The molecule has 0 spiro atoms. The molecule has 2 saturated heterocycles. The summed E-state index contributed by atoms with van der Waals surface area (Å²) in [5.74, 6) is -0.454. The molecular formula is C13H22N2O5. The highest BCUT2D eigenvalue weighted by Crippen LogP contribution is 2.19. The Labute approximate surface area is 118 Å². The van der Waals surface area contributed by atoms with Crippen molar-refractivity contribution in [3.8, 4) is 0 Å². The number of hydrogen-bond donors (Lipinski definition) is 3. The van der Waals surface area contributed by atoms with Crippen LogP contribution in [0.1, 0.15) is 25.7 Å². The van der Waals surface area contributed by atoms with Crippen molar-refractivity contribution in [3.63, 3.8) is 0 Å². The second kappa shape index (κ2) is 7.44. The number of rotatable bonds is 5. The largest absolute Gasteiger partial charge is 0.479 e. The van der Waals surface area contributed by atoms with Crippen LogP contribution in [-0.4, -0.2) is 55.6 Å². The molecule has 0 saturated carbocycles. The summed E-state index contributed by atoms with van der Waals surface area (Å²) in [6.07, 6.45) is 2.19. The number of carboxylic acids is 1. The van der Waals surface area contributed by atoms with Crippen molar-refractivity contribution < 1.29 is 24.2 Å². The molecule has 2 aliphatic rings. The number of carboxylic acid groups (broad SMARTS) is 1. The predicted molar refractivity (Wildman–Crippen MR) is 70.5 cm³/mol. The van der Waals surface area contributed by atoms with Gasteiger partial charge in [-0.1, -0.05) is 0 Å². The number of nitrogens with one attached hydrogen (secondary N) is 2. The van der Waals surface area contributed by atoms with E-state index in [0.717, 1.165) is 26.1 Å². The van der Waals surface area contributed by atoms with E-state index in [2.05, 4.69) is 10.6 Å². The molecule has 2 fully saturated rings. The van der Waals surface area contributed by atoms with Crippen LogP contribution in [0.15, 0.2) is 0 Å². The summed E-state index contributed by atoms with van der Waals surface area (Å²) in [6, 6.07) is -0.223. The first-order chi connectivity index (χ1) is 9.65. The van der Waals surface area contributed by atoms with E-state index in [1.807, 2.05) is 0 Å². The average molecular weight is 286 g/mol. The highest BCUT2D eigenvalue weighted by atomic mass is 16.5. The lowest BCUT2D eigenvalue weighted by Crippen LogP contribution is -2.42. The Morgan fingerprint density at radius 1 is 1.05 bits per heavy atom. The smallest absolute Gasteiger partial charge is 0.332 e. The van der Waals surface area contributed by atoms with Crippen molar-refractivity contribution in [1.82, 2.24) is 10.6 Å². The monoisotopic (exact) mass is 286 g/mol. The lowest BCUT2D eigenvalue weighted by Gasteiger charge is -2.22. The Bertz CT molecular complexity index is 344. The fourth-order valence-electron chi connectivity index (χ4n) is 2.49. The summed E-state index contributed by atoms with van der Waals surface area (Å²) < 4.78 is 10.6. The van der Waals surface area contributed by atoms with Crippen LogP contribution in [0.4, 0.5) is 4.79 Å². The van der Waals surface area contributed by atoms with Crippen LogP contribution in [0.25, 0.3) is 0 Å². The zero-order valence-corrected chi connectivity index (χ0v) is 11.5. The highest BCUT2D eigenvalue weighted by molar-refractivity contribution is 5.74. The van der Waals surface area contributed by atoms with Gasteiger partial charge in [-0.05, 0) is 31.6 Å². The normalized spacial score (nSPS) is 27.2. The molecular weight excluding hydrogens is 264 g/mol. The van der Waals surface area contributed by atoms with Crippen LogP contribution in [0, 0.1) is 5.92 Å². The van der Waals surface area contributed by atoms with E-state index in [0.29, 0.717) is 31.8 Å². The summed E-state index contributed by atoms with van der Waals surface area (Å²) in [7, 11) is 0. The Hall–Kier alpha value is -1.34. The van der Waals surface area contributed by atoms with Gasteiger partial charge in [-0.25, -0.2) is 9.59 Å². The van der Waals surface area contributed by atoms with Gasteiger partial charge in [-0.15, -0.1) is 0 Å². The van der Waals surface area contributed by atoms with E-state index < -0.39 is 12.1 Å². The van der Waals surface area contributed by atoms with E-state index in [1.165, 1.54) is 0 Å². The molecule has 0 radical (unpaired) electrons. The van der Waals surface area contributed by atoms with E-state index in [1.54, 1.807) is 0 Å². The first-order valence-electron chi connectivity index (χ1n) is 7.13. The first-order valence-corrected chi connectivity index (χ1v) is 7.13. The predicted octanol–water partition coefficient (Wildman–Crippen LogP) is 0.344. The molecule has 2 unspecified atom stereocenters. The number of aliphatic carboxylic acids is 1. The molecule has 0 aromatic carbocycles. The lowest BCUT2D eigenvalue weighted by atomic mass is 10.0. The standard InChI is InChI=1S/C13H22N2O5/c16-12(17)11-2-1-10(20-11)8-15-13(18)14-7-9-3-5-19-6-4-9/h9-11H,1-8H2,(H,16,17)(H2,14,15,18). The second-order valence-electron chi connectivity index (χ2n) is 5.31. The van der Waals surface area contributed by atoms with E-state index in [4.69, 9.17) is 14.6 Å². The molecule has 2 amide bonds. The lowest BCUT2D eigenvalue weighted by molar-refractivity contribution is -0.149. The third-order valence-electron chi connectivity index (χ3n) is 3.77. The van der Waals surface area contributed by atoms with Crippen molar-refractivity contribution in [3.05, 3.63) is 0 Å². The van der Waals surface area contributed by atoms with Gasteiger partial charge in [-0.2, -0.15) is 0 Å². The van der Waals surface area contributed by atoms with Crippen molar-refractivity contribution in [1.29, 1.82) is 0 Å². The van der Waals surface area contributed by atoms with Gasteiger partial charge in [0.2, 0.25) is 0 Å². The molecule has 0 aromatic heterocycles. The van der Waals surface area contributed by atoms with Crippen molar-refractivity contribution >= 4 is 12.0 Å². The Morgan fingerprint density at radius 2 is 1.75 bits per heavy atom. The number of ether oxygens (including phenoxy) is 2. The van der Waals surface area contributed by atoms with Gasteiger partial charge in [0.05, 0.1) is 6.10 Å². The fraction of sp³-hybridized carbons (Fsp3) is 0.846. The number of hydrogen-bond acceptors (Lipinski definition) is 4. The van der Waals surface area contributed by atoms with Crippen LogP contribution in [0.2, 0.25) is 0 Å². The Morgan fingerprint density at radius 3 is 2.40 bits per heavy atom. The summed E-state index contributed by atoms with van der Waals surface area (Å²) in [4.78, 5) is 22.4. The zero-order valence-electron chi connectivity index (χ0n) is 11.5. The molecule has 114 valence electrons. The summed E-state index contributed by atoms with van der Waals surface area (Å²) in [6.45, 7) is 2.53. The number of carbonyl (C=O) groups excluding carboxylic acids is 1. The molecule has 3 N–H and O–H groups in total. The first kappa shape index (κ1) is 15.1. The Balaban J connectivity index is 1.57. The van der Waals surface area contributed by atoms with Crippen molar-refractivity contribution in [2.45, 2.75) is 37.9 Å². The molecule has 7 nitrogen and oxygen atoms in total. The number of urea groups is 1. The van der Waals surface area contributed by atoms with Crippen LogP contribution in [0.5, 0.6) is 0 Å². The average Bonchev–Trinajstić information content (AvgIpc) is 2.93. The molecule has 2 atom stereocenters. The van der Waals surface area contributed by atoms with Gasteiger partial charge in [0.15, 0.2) is 6.10 Å². The molecule has 0 aliphatic carbocycles. The van der Waals surface area contributed by atoms with Crippen LogP contribution < -0.4 is 10.6 Å². The maximum Gasteiger partial charge on any atom is 0.332 e. The number of amides is 2. The quantitative estimate of drug-likeness (QED) is 0.677. The molecule has 2 aliphatic heterocycles. The maximum atomic E-state index is 11.6. The highest BCUT2D eigenvalue weighted by Gasteiger charge is 2.30. The van der Waals surface area contributed by atoms with Gasteiger partial charge in [0.1, 0.15) is 0 Å². The van der Waals surface area contributed by atoms with E-state index in [9.17, 15) is 9.59 Å². The minimum Gasteiger partial charge on any atom is -0.479 e. The molecule has 0 aromatic rings. The topological polar surface area (TPSA) is 96.9 Å². The zero-order chi connectivity index (χ0) is 14.4. The van der Waals surface area contributed by atoms with E-state index in [-0.39, 0.29) is 12.1 Å². The molecule has 2 heterocycles. The molecule has 0 bridgehead atoms. The maximum absolute atomic E-state index is 11.6. The van der Waals surface area contributed by atoms with Gasteiger partial charge >= 0.3 is 12.0 Å². The van der Waals surface area contributed by atoms with Crippen LogP contribution in [-0.2, 0) is 14.3 Å². The molecule has 20 heavy (non-hydrogen) atoms. The van der Waals surface area contributed by atoms with Gasteiger partial charge in [0.25, 0.3) is 0 Å².